The van der Waals surface area contributed by atoms with E-state index < -0.39 is 10.8 Å². The van der Waals surface area contributed by atoms with Crippen LogP contribution in [0.1, 0.15) is 45.6 Å². The minimum Gasteiger partial charge on any atom is -0.269 e. The Bertz CT molecular complexity index is 1320. The van der Waals surface area contributed by atoms with Crippen LogP contribution in [0.4, 0.5) is 11.6 Å². The second kappa shape index (κ2) is 8.31. The lowest BCUT2D eigenvalue weighted by atomic mass is 9.91. The number of benzene rings is 3. The third-order valence-electron chi connectivity index (χ3n) is 6.02. The average molecular weight is 439 g/mol. The van der Waals surface area contributed by atoms with Gasteiger partial charge in [0.1, 0.15) is 11.9 Å². The Hall–Kier alpha value is -4.33. The number of anilines is 1. The van der Waals surface area contributed by atoms with Crippen molar-refractivity contribution in [3.05, 3.63) is 118 Å². The molecule has 0 bridgehead atoms. The Kier molecular flexibility index (Phi) is 5.18. The number of amides is 1. The first-order valence-electron chi connectivity index (χ1n) is 10.6. The maximum absolute atomic E-state index is 13.8. The van der Waals surface area contributed by atoms with Crippen LogP contribution < -0.4 is 4.90 Å². The van der Waals surface area contributed by atoms with Crippen LogP contribution in [-0.4, -0.2) is 25.6 Å². The molecule has 0 radical (unpaired) electrons. The van der Waals surface area contributed by atoms with E-state index >= 15 is 0 Å². The van der Waals surface area contributed by atoms with E-state index in [9.17, 15) is 14.9 Å². The van der Waals surface area contributed by atoms with E-state index in [0.29, 0.717) is 12.4 Å². The molecule has 0 saturated carbocycles. The van der Waals surface area contributed by atoms with Gasteiger partial charge in [0.25, 0.3) is 11.6 Å². The number of nitro groups is 1. The number of para-hydroxylation sites is 1. The molecule has 3 aromatic carbocycles. The van der Waals surface area contributed by atoms with Crippen molar-refractivity contribution in [2.45, 2.75) is 25.4 Å². The van der Waals surface area contributed by atoms with Crippen LogP contribution in [0.3, 0.4) is 0 Å². The second-order valence-electron chi connectivity index (χ2n) is 8.04. The lowest BCUT2D eigenvalue weighted by Crippen LogP contribution is -2.42. The van der Waals surface area contributed by atoms with Gasteiger partial charge in [0.05, 0.1) is 17.0 Å². The number of carbonyl (C=O) groups excluding carboxylic acids is 1. The third kappa shape index (κ3) is 3.65. The van der Waals surface area contributed by atoms with Gasteiger partial charge in [0, 0.05) is 6.07 Å². The predicted molar refractivity (Wildman–Crippen MR) is 123 cm³/mol. The van der Waals surface area contributed by atoms with Crippen molar-refractivity contribution in [1.82, 2.24) is 14.8 Å². The van der Waals surface area contributed by atoms with Crippen molar-refractivity contribution in [1.29, 1.82) is 0 Å². The number of fused-ring (bicyclic) bond motifs is 1. The van der Waals surface area contributed by atoms with E-state index in [2.05, 4.69) is 22.2 Å². The van der Waals surface area contributed by atoms with E-state index in [1.165, 1.54) is 23.4 Å². The van der Waals surface area contributed by atoms with Crippen LogP contribution in [-0.2, 0) is 0 Å². The molecule has 164 valence electrons. The van der Waals surface area contributed by atoms with Crippen molar-refractivity contribution in [3.8, 4) is 0 Å². The van der Waals surface area contributed by atoms with E-state index in [4.69, 9.17) is 0 Å². The number of nitrogens with zero attached hydrogens (tertiary/aromatic N) is 5. The summed E-state index contributed by atoms with van der Waals surface area (Å²) in [5.74, 6) is -0.114. The number of aryl methyl sites for hydroxylation is 1. The highest BCUT2D eigenvalue weighted by Crippen LogP contribution is 2.43. The molecule has 33 heavy (non-hydrogen) atoms. The second-order valence-corrected chi connectivity index (χ2v) is 8.04. The molecular formula is C25H21N5O3. The fraction of sp³-hybridized carbons (Fsp3) is 0.160. The zero-order chi connectivity index (χ0) is 22.9. The standard InChI is InChI=1S/C25H21N5O3/c1-17-11-13-19(14-12-17)23-15-22(18-7-3-2-4-8-18)28(25-26-16-27-29(23)25)24(31)20-9-5-6-10-21(20)30(32)33/h2-14,16,22-23H,15H2,1H3/t22-,23+/m1/s1. The number of rotatable bonds is 4. The van der Waals surface area contributed by atoms with Crippen molar-refractivity contribution >= 4 is 17.5 Å². The van der Waals surface area contributed by atoms with Gasteiger partial charge >= 0.3 is 0 Å². The van der Waals surface area contributed by atoms with E-state index in [1.807, 2.05) is 49.4 Å². The lowest BCUT2D eigenvalue weighted by molar-refractivity contribution is -0.385. The zero-order valence-corrected chi connectivity index (χ0v) is 17.9. The molecule has 0 unspecified atom stereocenters. The van der Waals surface area contributed by atoms with Gasteiger partial charge in [-0.15, -0.1) is 0 Å². The van der Waals surface area contributed by atoms with Crippen LogP contribution in [0.2, 0.25) is 0 Å². The molecule has 0 N–H and O–H groups in total. The summed E-state index contributed by atoms with van der Waals surface area (Å²) in [4.78, 5) is 30.8. The van der Waals surface area contributed by atoms with E-state index in [1.54, 1.807) is 16.8 Å². The molecule has 2 atom stereocenters. The Morgan fingerprint density at radius 3 is 2.33 bits per heavy atom. The minimum atomic E-state index is -0.533. The molecule has 1 aliphatic heterocycles. The first kappa shape index (κ1) is 20.6. The van der Waals surface area contributed by atoms with E-state index in [-0.39, 0.29) is 23.3 Å². The average Bonchev–Trinajstić information content (AvgIpc) is 3.33. The lowest BCUT2D eigenvalue weighted by Gasteiger charge is -2.39. The van der Waals surface area contributed by atoms with Crippen LogP contribution in [0, 0.1) is 17.0 Å². The molecule has 0 fully saturated rings. The summed E-state index contributed by atoms with van der Waals surface area (Å²) < 4.78 is 1.73. The highest BCUT2D eigenvalue weighted by molar-refractivity contribution is 6.08. The maximum Gasteiger partial charge on any atom is 0.282 e. The monoisotopic (exact) mass is 439 g/mol. The molecule has 1 aromatic heterocycles. The highest BCUT2D eigenvalue weighted by atomic mass is 16.6. The first-order valence-corrected chi connectivity index (χ1v) is 10.6. The summed E-state index contributed by atoms with van der Waals surface area (Å²) in [7, 11) is 0. The Balaban J connectivity index is 1.67. The molecule has 8 heteroatoms. The minimum absolute atomic E-state index is 0.0202. The summed E-state index contributed by atoms with van der Waals surface area (Å²) in [5.41, 5.74) is 2.93. The van der Waals surface area contributed by atoms with Gasteiger partial charge in [0.15, 0.2) is 0 Å². The molecule has 0 saturated heterocycles. The number of hydrogen-bond donors (Lipinski definition) is 0. The quantitative estimate of drug-likeness (QED) is 0.334. The van der Waals surface area contributed by atoms with Crippen LogP contribution in [0.25, 0.3) is 0 Å². The van der Waals surface area contributed by atoms with E-state index in [0.717, 1.165) is 16.7 Å². The molecule has 0 aliphatic carbocycles. The van der Waals surface area contributed by atoms with Gasteiger partial charge < -0.3 is 0 Å². The summed E-state index contributed by atoms with van der Waals surface area (Å²) >= 11 is 0. The highest BCUT2D eigenvalue weighted by Gasteiger charge is 2.41. The summed E-state index contributed by atoms with van der Waals surface area (Å²) in [6.45, 7) is 2.03. The summed E-state index contributed by atoms with van der Waals surface area (Å²) in [6.07, 6.45) is 1.97. The zero-order valence-electron chi connectivity index (χ0n) is 17.9. The van der Waals surface area contributed by atoms with Crippen LogP contribution in [0.5, 0.6) is 0 Å². The molecule has 1 amide bonds. The largest absolute Gasteiger partial charge is 0.282 e. The molecule has 0 spiro atoms. The topological polar surface area (TPSA) is 94.2 Å². The van der Waals surface area contributed by atoms with Crippen LogP contribution in [0.15, 0.2) is 85.2 Å². The Labute approximate surface area is 190 Å². The van der Waals surface area contributed by atoms with Gasteiger partial charge in [-0.1, -0.05) is 72.3 Å². The molecule has 1 aliphatic rings. The van der Waals surface area contributed by atoms with Crippen molar-refractivity contribution < 1.29 is 9.72 Å². The predicted octanol–water partition coefficient (Wildman–Crippen LogP) is 4.88. The first-order chi connectivity index (χ1) is 16.0. The molecule has 2 heterocycles. The molecule has 5 rings (SSSR count). The summed E-state index contributed by atoms with van der Waals surface area (Å²) in [6, 6.07) is 23.4. The fourth-order valence-corrected chi connectivity index (χ4v) is 4.39. The number of carbonyl (C=O) groups is 1. The van der Waals surface area contributed by atoms with Gasteiger partial charge in [-0.25, -0.2) is 4.68 Å². The van der Waals surface area contributed by atoms with Gasteiger partial charge in [0.2, 0.25) is 5.95 Å². The molecule has 4 aromatic rings. The number of nitro benzene ring substituents is 1. The summed E-state index contributed by atoms with van der Waals surface area (Å²) in [5, 5.41) is 16.0. The van der Waals surface area contributed by atoms with Crippen molar-refractivity contribution in [3.63, 3.8) is 0 Å². The van der Waals surface area contributed by atoms with Crippen molar-refractivity contribution in [2.75, 3.05) is 4.90 Å². The Morgan fingerprint density at radius 2 is 1.61 bits per heavy atom. The van der Waals surface area contributed by atoms with Gasteiger partial charge in [-0.05, 0) is 30.5 Å². The number of aromatic nitrogens is 3. The normalized spacial score (nSPS) is 17.4. The van der Waals surface area contributed by atoms with Crippen LogP contribution >= 0.6 is 0 Å². The molecule has 8 nitrogen and oxygen atoms in total. The maximum atomic E-state index is 13.8. The SMILES string of the molecule is Cc1ccc([C@@H]2C[C@H](c3ccccc3)N(C(=O)c3ccccc3[N+](=O)[O-])c3ncnn32)cc1. The molecular weight excluding hydrogens is 418 g/mol. The van der Waals surface area contributed by atoms with Gasteiger partial charge in [-0.3, -0.25) is 19.8 Å². The van der Waals surface area contributed by atoms with Gasteiger partial charge in [-0.2, -0.15) is 10.1 Å². The fourth-order valence-electron chi connectivity index (χ4n) is 4.39. The smallest absolute Gasteiger partial charge is 0.269 e. The number of hydrogen-bond acceptors (Lipinski definition) is 5. The third-order valence-corrected chi connectivity index (χ3v) is 6.02. The van der Waals surface area contributed by atoms with Crippen molar-refractivity contribution in [2.24, 2.45) is 0 Å². The Morgan fingerprint density at radius 1 is 0.939 bits per heavy atom.